The fraction of sp³-hybridized carbons (Fsp3) is 0.571. The fourth-order valence-electron chi connectivity index (χ4n) is 1.72. The van der Waals surface area contributed by atoms with Gasteiger partial charge in [-0.3, -0.25) is 9.59 Å². The Morgan fingerprint density at radius 2 is 2.11 bits per heavy atom. The highest BCUT2D eigenvalue weighted by atomic mass is 32.1. The van der Waals surface area contributed by atoms with E-state index in [-0.39, 0.29) is 18.2 Å². The molecular formula is C14H21NO3S. The Bertz CT molecular complexity index is 442. The third-order valence-electron chi connectivity index (χ3n) is 3.71. The van der Waals surface area contributed by atoms with E-state index in [4.69, 9.17) is 0 Å². The zero-order chi connectivity index (χ0) is 14.6. The summed E-state index contributed by atoms with van der Waals surface area (Å²) in [5, 5.41) is 13.3. The van der Waals surface area contributed by atoms with Crippen molar-refractivity contribution in [3.8, 4) is 0 Å². The molecule has 0 aliphatic rings. The lowest BCUT2D eigenvalue weighted by molar-refractivity contribution is -0.155. The smallest absolute Gasteiger partial charge is 0.310 e. The summed E-state index contributed by atoms with van der Waals surface area (Å²) in [6.07, 6.45) is 0.0284. The second kappa shape index (κ2) is 6.19. The Kier molecular flexibility index (Phi) is 5.11. The van der Waals surface area contributed by atoms with Crippen molar-refractivity contribution in [2.75, 3.05) is 7.05 Å². The van der Waals surface area contributed by atoms with Crippen molar-refractivity contribution < 1.29 is 14.7 Å². The van der Waals surface area contributed by atoms with Crippen LogP contribution in [0.2, 0.25) is 0 Å². The molecule has 0 spiro atoms. The number of thiophene rings is 1. The maximum atomic E-state index is 12.2. The van der Waals surface area contributed by atoms with E-state index in [2.05, 4.69) is 0 Å². The molecule has 0 radical (unpaired) electrons. The van der Waals surface area contributed by atoms with Crippen molar-refractivity contribution in [2.45, 2.75) is 33.7 Å². The maximum Gasteiger partial charge on any atom is 0.310 e. The van der Waals surface area contributed by atoms with Gasteiger partial charge in [-0.05, 0) is 35.2 Å². The van der Waals surface area contributed by atoms with Crippen LogP contribution in [0.3, 0.4) is 0 Å². The molecule has 0 aromatic carbocycles. The molecular weight excluding hydrogens is 262 g/mol. The molecule has 1 unspecified atom stereocenters. The molecule has 0 saturated heterocycles. The lowest BCUT2D eigenvalue weighted by Crippen LogP contribution is -2.39. The average Bonchev–Trinajstić information content (AvgIpc) is 2.80. The van der Waals surface area contributed by atoms with Crippen LogP contribution in [0.5, 0.6) is 0 Å². The van der Waals surface area contributed by atoms with Gasteiger partial charge in [-0.1, -0.05) is 13.8 Å². The van der Waals surface area contributed by atoms with Crippen molar-refractivity contribution >= 4 is 23.2 Å². The quantitative estimate of drug-likeness (QED) is 0.873. The van der Waals surface area contributed by atoms with E-state index in [0.29, 0.717) is 6.54 Å². The standard InChI is InChI=1S/C14H21NO3S/c1-10(2)14(3,13(17)18)7-12(16)15(4)8-11-5-6-19-9-11/h5-6,9-10H,7-8H2,1-4H3,(H,17,18). The van der Waals surface area contributed by atoms with Gasteiger partial charge in [-0.15, -0.1) is 0 Å². The molecule has 1 rings (SSSR count). The van der Waals surface area contributed by atoms with Gasteiger partial charge in [0.05, 0.1) is 5.41 Å². The SMILES string of the molecule is CC(C)C(C)(CC(=O)N(C)Cc1ccsc1)C(=O)O. The van der Waals surface area contributed by atoms with Crippen LogP contribution < -0.4 is 0 Å². The lowest BCUT2D eigenvalue weighted by atomic mass is 9.76. The second-order valence-electron chi connectivity index (χ2n) is 5.44. The number of hydrogen-bond donors (Lipinski definition) is 1. The van der Waals surface area contributed by atoms with Crippen LogP contribution in [-0.2, 0) is 16.1 Å². The van der Waals surface area contributed by atoms with E-state index < -0.39 is 11.4 Å². The monoisotopic (exact) mass is 283 g/mol. The summed E-state index contributed by atoms with van der Waals surface area (Å²) >= 11 is 1.58. The van der Waals surface area contributed by atoms with Crippen molar-refractivity contribution in [3.63, 3.8) is 0 Å². The molecule has 1 heterocycles. The lowest BCUT2D eigenvalue weighted by Gasteiger charge is -2.30. The van der Waals surface area contributed by atoms with Crippen LogP contribution >= 0.6 is 11.3 Å². The molecule has 106 valence electrons. The molecule has 1 aromatic heterocycles. The molecule has 1 aromatic rings. The summed E-state index contributed by atoms with van der Waals surface area (Å²) in [4.78, 5) is 25.1. The highest BCUT2D eigenvalue weighted by Gasteiger charge is 2.39. The number of aliphatic carboxylic acids is 1. The molecule has 1 amide bonds. The van der Waals surface area contributed by atoms with Crippen molar-refractivity contribution in [1.82, 2.24) is 4.90 Å². The Labute approximate surface area is 118 Å². The number of carbonyl (C=O) groups excluding carboxylic acids is 1. The Morgan fingerprint density at radius 3 is 2.53 bits per heavy atom. The number of carboxylic acid groups (broad SMARTS) is 1. The van der Waals surface area contributed by atoms with E-state index >= 15 is 0 Å². The molecule has 0 saturated carbocycles. The van der Waals surface area contributed by atoms with Gasteiger partial charge >= 0.3 is 5.97 Å². The van der Waals surface area contributed by atoms with Crippen molar-refractivity contribution in [3.05, 3.63) is 22.4 Å². The minimum atomic E-state index is -1.01. The van der Waals surface area contributed by atoms with E-state index in [1.165, 1.54) is 0 Å². The highest BCUT2D eigenvalue weighted by Crippen LogP contribution is 2.32. The van der Waals surface area contributed by atoms with E-state index in [0.717, 1.165) is 5.56 Å². The third-order valence-corrected chi connectivity index (χ3v) is 4.44. The van der Waals surface area contributed by atoms with Gasteiger partial charge in [0.15, 0.2) is 0 Å². The first-order valence-corrected chi connectivity index (χ1v) is 7.20. The van der Waals surface area contributed by atoms with Crippen LogP contribution in [0.1, 0.15) is 32.8 Å². The summed E-state index contributed by atoms with van der Waals surface area (Å²) < 4.78 is 0. The molecule has 0 bridgehead atoms. The van der Waals surface area contributed by atoms with Gasteiger partial charge in [0.2, 0.25) is 5.91 Å². The predicted octanol–water partition coefficient (Wildman–Crippen LogP) is 2.84. The molecule has 1 atom stereocenters. The summed E-state index contributed by atoms with van der Waals surface area (Å²) in [6.45, 7) is 5.83. The molecule has 1 N–H and O–H groups in total. The first-order valence-electron chi connectivity index (χ1n) is 6.26. The third kappa shape index (κ3) is 3.80. The Morgan fingerprint density at radius 1 is 1.47 bits per heavy atom. The van der Waals surface area contributed by atoms with Crippen molar-refractivity contribution in [2.24, 2.45) is 11.3 Å². The minimum absolute atomic E-state index is 0.0284. The van der Waals surface area contributed by atoms with Gasteiger partial charge in [0, 0.05) is 20.0 Å². The number of rotatable bonds is 6. The maximum absolute atomic E-state index is 12.2. The van der Waals surface area contributed by atoms with E-state index in [9.17, 15) is 14.7 Å². The molecule has 4 nitrogen and oxygen atoms in total. The molecule has 5 heteroatoms. The number of amides is 1. The topological polar surface area (TPSA) is 57.6 Å². The fourth-order valence-corrected chi connectivity index (χ4v) is 2.38. The number of carboxylic acids is 1. The Hall–Kier alpha value is -1.36. The zero-order valence-electron chi connectivity index (χ0n) is 11.8. The minimum Gasteiger partial charge on any atom is -0.481 e. The second-order valence-corrected chi connectivity index (χ2v) is 6.22. The van der Waals surface area contributed by atoms with Crippen LogP contribution in [0.4, 0.5) is 0 Å². The van der Waals surface area contributed by atoms with E-state index in [1.54, 1.807) is 30.2 Å². The predicted molar refractivity (Wildman–Crippen MR) is 76.0 cm³/mol. The van der Waals surface area contributed by atoms with Crippen molar-refractivity contribution in [1.29, 1.82) is 0 Å². The van der Waals surface area contributed by atoms with Crippen LogP contribution in [0.25, 0.3) is 0 Å². The van der Waals surface area contributed by atoms with Gasteiger partial charge in [0.1, 0.15) is 0 Å². The number of hydrogen-bond acceptors (Lipinski definition) is 3. The highest BCUT2D eigenvalue weighted by molar-refractivity contribution is 7.07. The summed E-state index contributed by atoms with van der Waals surface area (Å²) in [5.41, 5.74) is 0.0578. The van der Waals surface area contributed by atoms with Crippen LogP contribution in [0, 0.1) is 11.3 Å². The molecule has 19 heavy (non-hydrogen) atoms. The molecule has 0 aliphatic carbocycles. The summed E-state index contributed by atoms with van der Waals surface area (Å²) in [5.74, 6) is -1.15. The molecule has 0 fully saturated rings. The Balaban J connectivity index is 2.69. The first-order chi connectivity index (χ1) is 8.77. The molecule has 0 aliphatic heterocycles. The van der Waals surface area contributed by atoms with Crippen LogP contribution in [-0.4, -0.2) is 28.9 Å². The summed E-state index contributed by atoms with van der Waals surface area (Å²) in [7, 11) is 1.71. The largest absolute Gasteiger partial charge is 0.481 e. The average molecular weight is 283 g/mol. The zero-order valence-corrected chi connectivity index (χ0v) is 12.7. The normalized spacial score (nSPS) is 14.2. The number of carbonyl (C=O) groups is 2. The van der Waals surface area contributed by atoms with E-state index in [1.807, 2.05) is 30.7 Å². The van der Waals surface area contributed by atoms with Gasteiger partial charge in [-0.25, -0.2) is 0 Å². The first kappa shape index (κ1) is 15.7. The summed E-state index contributed by atoms with van der Waals surface area (Å²) in [6, 6.07) is 1.97. The van der Waals surface area contributed by atoms with Gasteiger partial charge < -0.3 is 10.0 Å². The van der Waals surface area contributed by atoms with Gasteiger partial charge in [0.25, 0.3) is 0 Å². The number of nitrogens with zero attached hydrogens (tertiary/aromatic N) is 1. The van der Waals surface area contributed by atoms with Gasteiger partial charge in [-0.2, -0.15) is 11.3 Å². The van der Waals surface area contributed by atoms with Crippen LogP contribution in [0.15, 0.2) is 16.8 Å².